The quantitative estimate of drug-likeness (QED) is 0.837. The summed E-state index contributed by atoms with van der Waals surface area (Å²) in [6, 6.07) is 8.24. The highest BCUT2D eigenvalue weighted by atomic mass is 35.5. The van der Waals surface area contributed by atoms with Gasteiger partial charge in [-0.3, -0.25) is 0 Å². The summed E-state index contributed by atoms with van der Waals surface area (Å²) in [6.45, 7) is 0.755. The lowest BCUT2D eigenvalue weighted by molar-refractivity contribution is 0.305. The summed E-state index contributed by atoms with van der Waals surface area (Å²) in [4.78, 5) is 0.227. The predicted octanol–water partition coefficient (Wildman–Crippen LogP) is 2.26. The van der Waals surface area contributed by atoms with Crippen LogP contribution in [0, 0.1) is 17.2 Å². The number of halogens is 1. The van der Waals surface area contributed by atoms with Crippen LogP contribution in [0.4, 0.5) is 0 Å². The maximum Gasteiger partial charge on any atom is 0.243 e. The standard InChI is InChI=1S/C12H13ClN2O2S/c13-11-3-5-12(6-4-11)18(16,17)15-7-1-2-10(8-14)9-15/h3-6,10H,1-2,7,9H2. The summed E-state index contributed by atoms with van der Waals surface area (Å²) in [5.74, 6) is -0.208. The molecule has 1 aliphatic heterocycles. The van der Waals surface area contributed by atoms with Crippen molar-refractivity contribution in [3.8, 4) is 6.07 Å². The number of rotatable bonds is 2. The molecule has 1 aromatic carbocycles. The second kappa shape index (κ2) is 5.27. The lowest BCUT2D eigenvalue weighted by atomic mass is 10.0. The monoisotopic (exact) mass is 284 g/mol. The Morgan fingerprint density at radius 3 is 2.61 bits per heavy atom. The molecule has 0 spiro atoms. The average Bonchev–Trinajstić information content (AvgIpc) is 2.39. The molecule has 1 fully saturated rings. The molecular weight excluding hydrogens is 272 g/mol. The fourth-order valence-electron chi connectivity index (χ4n) is 2.02. The zero-order valence-electron chi connectivity index (χ0n) is 9.71. The van der Waals surface area contributed by atoms with Gasteiger partial charge in [0.25, 0.3) is 0 Å². The van der Waals surface area contributed by atoms with E-state index in [-0.39, 0.29) is 17.4 Å². The highest BCUT2D eigenvalue weighted by Crippen LogP contribution is 2.24. The average molecular weight is 285 g/mol. The van der Waals surface area contributed by atoms with E-state index in [4.69, 9.17) is 16.9 Å². The summed E-state index contributed by atoms with van der Waals surface area (Å²) < 4.78 is 26.0. The van der Waals surface area contributed by atoms with E-state index in [0.29, 0.717) is 11.6 Å². The van der Waals surface area contributed by atoms with Crippen LogP contribution in [0.2, 0.25) is 5.02 Å². The fraction of sp³-hybridized carbons (Fsp3) is 0.417. The van der Waals surface area contributed by atoms with E-state index in [2.05, 4.69) is 6.07 Å². The summed E-state index contributed by atoms with van der Waals surface area (Å²) in [7, 11) is -3.50. The van der Waals surface area contributed by atoms with Gasteiger partial charge in [0.05, 0.1) is 16.9 Å². The third-order valence-corrected chi connectivity index (χ3v) is 5.15. The van der Waals surface area contributed by atoms with Crippen LogP contribution in [-0.4, -0.2) is 25.8 Å². The minimum atomic E-state index is -3.50. The maximum atomic E-state index is 12.3. The summed E-state index contributed by atoms with van der Waals surface area (Å²) in [6.07, 6.45) is 1.49. The van der Waals surface area contributed by atoms with Gasteiger partial charge in [-0.25, -0.2) is 8.42 Å². The van der Waals surface area contributed by atoms with E-state index >= 15 is 0 Å². The topological polar surface area (TPSA) is 61.2 Å². The predicted molar refractivity (Wildman–Crippen MR) is 68.5 cm³/mol. The van der Waals surface area contributed by atoms with E-state index in [0.717, 1.165) is 12.8 Å². The Labute approximate surface area is 112 Å². The Morgan fingerprint density at radius 2 is 2.00 bits per heavy atom. The van der Waals surface area contributed by atoms with Crippen LogP contribution in [0.5, 0.6) is 0 Å². The van der Waals surface area contributed by atoms with Crippen LogP contribution in [0.3, 0.4) is 0 Å². The van der Waals surface area contributed by atoms with Crippen molar-refractivity contribution in [1.82, 2.24) is 4.31 Å². The fourth-order valence-corrected chi connectivity index (χ4v) is 3.67. The Kier molecular flexibility index (Phi) is 3.91. The van der Waals surface area contributed by atoms with Gasteiger partial charge in [-0.05, 0) is 37.1 Å². The van der Waals surface area contributed by atoms with Crippen molar-refractivity contribution >= 4 is 21.6 Å². The number of benzene rings is 1. The minimum absolute atomic E-state index is 0.208. The minimum Gasteiger partial charge on any atom is -0.207 e. The molecule has 2 rings (SSSR count). The number of nitrogens with zero attached hydrogens (tertiary/aromatic N) is 2. The van der Waals surface area contributed by atoms with Gasteiger partial charge >= 0.3 is 0 Å². The third kappa shape index (κ3) is 2.66. The molecule has 6 heteroatoms. The number of hydrogen-bond acceptors (Lipinski definition) is 3. The van der Waals surface area contributed by atoms with E-state index in [1.54, 1.807) is 12.1 Å². The molecule has 1 aliphatic rings. The molecule has 1 heterocycles. The Morgan fingerprint density at radius 1 is 1.33 bits per heavy atom. The number of sulfonamides is 1. The van der Waals surface area contributed by atoms with Crippen molar-refractivity contribution in [2.75, 3.05) is 13.1 Å². The van der Waals surface area contributed by atoms with Crippen LogP contribution < -0.4 is 0 Å². The Hall–Kier alpha value is -1.09. The third-order valence-electron chi connectivity index (χ3n) is 3.02. The Balaban J connectivity index is 2.26. The first-order chi connectivity index (χ1) is 8.54. The second-order valence-electron chi connectivity index (χ2n) is 4.29. The molecule has 0 bridgehead atoms. The first-order valence-corrected chi connectivity index (χ1v) is 7.51. The van der Waals surface area contributed by atoms with E-state index in [1.165, 1.54) is 16.4 Å². The van der Waals surface area contributed by atoms with Crippen molar-refractivity contribution in [2.24, 2.45) is 5.92 Å². The molecule has 18 heavy (non-hydrogen) atoms. The maximum absolute atomic E-state index is 12.3. The number of piperidine rings is 1. The molecule has 1 atom stereocenters. The van der Waals surface area contributed by atoms with Crippen molar-refractivity contribution in [3.05, 3.63) is 29.3 Å². The van der Waals surface area contributed by atoms with E-state index in [9.17, 15) is 8.42 Å². The van der Waals surface area contributed by atoms with Crippen molar-refractivity contribution < 1.29 is 8.42 Å². The van der Waals surface area contributed by atoms with Crippen LogP contribution in [0.25, 0.3) is 0 Å². The molecule has 0 N–H and O–H groups in total. The van der Waals surface area contributed by atoms with Crippen LogP contribution in [0.15, 0.2) is 29.2 Å². The highest BCUT2D eigenvalue weighted by Gasteiger charge is 2.29. The normalized spacial score (nSPS) is 21.4. The second-order valence-corrected chi connectivity index (χ2v) is 6.66. The van der Waals surface area contributed by atoms with E-state index in [1.807, 2.05) is 0 Å². The smallest absolute Gasteiger partial charge is 0.207 e. The van der Waals surface area contributed by atoms with Gasteiger partial charge in [-0.2, -0.15) is 9.57 Å². The largest absolute Gasteiger partial charge is 0.243 e. The summed E-state index contributed by atoms with van der Waals surface area (Å²) in [5, 5.41) is 9.39. The summed E-state index contributed by atoms with van der Waals surface area (Å²) in [5.41, 5.74) is 0. The summed E-state index contributed by atoms with van der Waals surface area (Å²) >= 11 is 5.74. The van der Waals surface area contributed by atoms with Crippen molar-refractivity contribution in [2.45, 2.75) is 17.7 Å². The van der Waals surface area contributed by atoms with Crippen LogP contribution in [-0.2, 0) is 10.0 Å². The molecule has 1 aromatic rings. The zero-order valence-corrected chi connectivity index (χ0v) is 11.3. The first kappa shape index (κ1) is 13.3. The van der Waals surface area contributed by atoms with Crippen LogP contribution in [0.1, 0.15) is 12.8 Å². The lowest BCUT2D eigenvalue weighted by Gasteiger charge is -2.28. The molecule has 0 amide bonds. The molecule has 0 aromatic heterocycles. The highest BCUT2D eigenvalue weighted by molar-refractivity contribution is 7.89. The van der Waals surface area contributed by atoms with Crippen LogP contribution >= 0.6 is 11.6 Å². The number of hydrogen-bond donors (Lipinski definition) is 0. The molecule has 0 saturated carbocycles. The Bertz CT molecular complexity index is 563. The zero-order chi connectivity index (χ0) is 13.2. The first-order valence-electron chi connectivity index (χ1n) is 5.69. The molecule has 1 unspecified atom stereocenters. The molecule has 4 nitrogen and oxygen atoms in total. The lowest BCUT2D eigenvalue weighted by Crippen LogP contribution is -2.39. The van der Waals surface area contributed by atoms with Gasteiger partial charge in [0.2, 0.25) is 10.0 Å². The SMILES string of the molecule is N#CC1CCCN(S(=O)(=O)c2ccc(Cl)cc2)C1. The molecule has 96 valence electrons. The molecular formula is C12H13ClN2O2S. The molecule has 0 radical (unpaired) electrons. The number of nitriles is 1. The van der Waals surface area contributed by atoms with Gasteiger partial charge in [0, 0.05) is 18.1 Å². The van der Waals surface area contributed by atoms with E-state index < -0.39 is 10.0 Å². The van der Waals surface area contributed by atoms with Gasteiger partial charge < -0.3 is 0 Å². The van der Waals surface area contributed by atoms with Gasteiger partial charge in [0.1, 0.15) is 0 Å². The molecule has 0 aliphatic carbocycles. The van der Waals surface area contributed by atoms with Crippen molar-refractivity contribution in [3.63, 3.8) is 0 Å². The van der Waals surface area contributed by atoms with Gasteiger partial charge in [0.15, 0.2) is 0 Å². The van der Waals surface area contributed by atoms with Gasteiger partial charge in [-0.15, -0.1) is 0 Å². The van der Waals surface area contributed by atoms with Crippen molar-refractivity contribution in [1.29, 1.82) is 5.26 Å². The van der Waals surface area contributed by atoms with Gasteiger partial charge in [-0.1, -0.05) is 11.6 Å². The molecule has 1 saturated heterocycles.